The summed E-state index contributed by atoms with van der Waals surface area (Å²) in [5, 5.41) is 6.25. The van der Waals surface area contributed by atoms with Crippen LogP contribution < -0.4 is 25.2 Å². The standard InChI is InChI=1S/C26H31N7O2/c1-17(2)35-23-15-18(33-13-11-31(3)12-14-33)9-10-20(23)29-26-27-16-21-24(30-26)32(4)22-8-6-5-7-19(22)25(34)28-21/h5-10,15-17H,11-14H2,1-4H3,(H,28,34)(H,27,29,30). The van der Waals surface area contributed by atoms with Crippen LogP contribution in [0.2, 0.25) is 0 Å². The minimum Gasteiger partial charge on any atom is -0.489 e. The fourth-order valence-corrected chi connectivity index (χ4v) is 4.39. The molecule has 1 saturated heterocycles. The molecule has 2 aliphatic rings. The zero-order valence-corrected chi connectivity index (χ0v) is 20.6. The summed E-state index contributed by atoms with van der Waals surface area (Å²) in [5.41, 5.74) is 3.87. The molecule has 35 heavy (non-hydrogen) atoms. The predicted octanol–water partition coefficient (Wildman–Crippen LogP) is 4.09. The molecule has 9 heteroatoms. The molecule has 2 aromatic carbocycles. The van der Waals surface area contributed by atoms with Gasteiger partial charge in [0.25, 0.3) is 5.91 Å². The summed E-state index contributed by atoms with van der Waals surface area (Å²) in [7, 11) is 4.05. The van der Waals surface area contributed by atoms with E-state index in [9.17, 15) is 4.79 Å². The minimum atomic E-state index is -0.178. The number of carbonyl (C=O) groups is 1. The number of anilines is 6. The van der Waals surface area contributed by atoms with Gasteiger partial charge >= 0.3 is 0 Å². The van der Waals surface area contributed by atoms with Gasteiger partial charge in [0, 0.05) is 45.0 Å². The number of nitrogens with zero attached hydrogens (tertiary/aromatic N) is 5. The summed E-state index contributed by atoms with van der Waals surface area (Å²) in [5.74, 6) is 1.61. The quantitative estimate of drug-likeness (QED) is 0.573. The zero-order chi connectivity index (χ0) is 24.5. The maximum absolute atomic E-state index is 12.7. The Balaban J connectivity index is 1.45. The maximum atomic E-state index is 12.7. The molecular weight excluding hydrogens is 442 g/mol. The Hall–Kier alpha value is -3.85. The van der Waals surface area contributed by atoms with E-state index in [1.165, 1.54) is 0 Å². The molecule has 9 nitrogen and oxygen atoms in total. The number of nitrogens with one attached hydrogen (secondary N) is 2. The fraction of sp³-hybridized carbons (Fsp3) is 0.346. The molecule has 0 unspecified atom stereocenters. The van der Waals surface area contributed by atoms with Gasteiger partial charge in [0.1, 0.15) is 11.4 Å². The van der Waals surface area contributed by atoms with E-state index in [0.717, 1.165) is 49.0 Å². The van der Waals surface area contributed by atoms with Crippen LogP contribution in [0.25, 0.3) is 0 Å². The van der Waals surface area contributed by atoms with Gasteiger partial charge in [-0.25, -0.2) is 4.98 Å². The zero-order valence-electron chi connectivity index (χ0n) is 20.6. The van der Waals surface area contributed by atoms with Gasteiger partial charge in [-0.2, -0.15) is 4.98 Å². The fourth-order valence-electron chi connectivity index (χ4n) is 4.39. The van der Waals surface area contributed by atoms with Crippen molar-refractivity contribution in [1.29, 1.82) is 0 Å². The van der Waals surface area contributed by atoms with Crippen molar-refractivity contribution in [2.75, 3.05) is 60.7 Å². The van der Waals surface area contributed by atoms with Gasteiger partial charge in [0.05, 0.1) is 29.2 Å². The second-order valence-electron chi connectivity index (χ2n) is 9.22. The molecule has 2 N–H and O–H groups in total. The van der Waals surface area contributed by atoms with Crippen LogP contribution in [0.15, 0.2) is 48.7 Å². The van der Waals surface area contributed by atoms with E-state index in [0.29, 0.717) is 23.0 Å². The summed E-state index contributed by atoms with van der Waals surface area (Å²) in [4.78, 5) is 28.5. The third kappa shape index (κ3) is 4.72. The van der Waals surface area contributed by atoms with Crippen LogP contribution in [0.3, 0.4) is 0 Å². The molecule has 0 atom stereocenters. The second-order valence-corrected chi connectivity index (χ2v) is 9.22. The molecule has 1 aromatic heterocycles. The Labute approximate surface area is 205 Å². The highest BCUT2D eigenvalue weighted by Gasteiger charge is 2.25. The lowest BCUT2D eigenvalue weighted by molar-refractivity contribution is 0.102. The van der Waals surface area contributed by atoms with Crippen molar-refractivity contribution in [3.63, 3.8) is 0 Å². The van der Waals surface area contributed by atoms with E-state index >= 15 is 0 Å². The van der Waals surface area contributed by atoms with Crippen LogP contribution >= 0.6 is 0 Å². The molecule has 0 aliphatic carbocycles. The first-order chi connectivity index (χ1) is 16.9. The summed E-state index contributed by atoms with van der Waals surface area (Å²) >= 11 is 0. The van der Waals surface area contributed by atoms with Crippen molar-refractivity contribution in [2.45, 2.75) is 20.0 Å². The lowest BCUT2D eigenvalue weighted by Gasteiger charge is -2.34. The molecule has 2 aliphatic heterocycles. The number of hydrogen-bond donors (Lipinski definition) is 2. The monoisotopic (exact) mass is 473 g/mol. The number of fused-ring (bicyclic) bond motifs is 2. The third-order valence-electron chi connectivity index (χ3n) is 6.29. The van der Waals surface area contributed by atoms with Crippen molar-refractivity contribution in [3.05, 3.63) is 54.2 Å². The molecule has 5 rings (SSSR count). The number of likely N-dealkylation sites (N-methyl/N-ethyl adjacent to an activating group) is 1. The van der Waals surface area contributed by atoms with E-state index < -0.39 is 0 Å². The largest absolute Gasteiger partial charge is 0.489 e. The van der Waals surface area contributed by atoms with Crippen molar-refractivity contribution in [2.24, 2.45) is 0 Å². The van der Waals surface area contributed by atoms with Gasteiger partial charge in [-0.1, -0.05) is 12.1 Å². The summed E-state index contributed by atoms with van der Waals surface area (Å²) in [6.07, 6.45) is 1.65. The SMILES string of the molecule is CC(C)Oc1cc(N2CCN(C)CC2)ccc1Nc1ncc2c(n1)N(C)c1ccccc1C(=O)N2. The van der Waals surface area contributed by atoms with Gasteiger partial charge in [0.2, 0.25) is 5.95 Å². The van der Waals surface area contributed by atoms with Crippen LogP contribution in [0.4, 0.5) is 34.5 Å². The number of benzene rings is 2. The highest BCUT2D eigenvalue weighted by Crippen LogP contribution is 2.37. The first-order valence-electron chi connectivity index (χ1n) is 11.9. The van der Waals surface area contributed by atoms with Crippen molar-refractivity contribution < 1.29 is 9.53 Å². The Bertz CT molecular complexity index is 1240. The minimum absolute atomic E-state index is 0.0177. The number of hydrogen-bond acceptors (Lipinski definition) is 8. The molecule has 0 radical (unpaired) electrons. The van der Waals surface area contributed by atoms with Crippen LogP contribution in [-0.4, -0.2) is 67.2 Å². The summed E-state index contributed by atoms with van der Waals surface area (Å²) < 4.78 is 6.16. The predicted molar refractivity (Wildman–Crippen MR) is 140 cm³/mol. The first kappa shape index (κ1) is 22.9. The van der Waals surface area contributed by atoms with Crippen LogP contribution in [-0.2, 0) is 0 Å². The molecule has 0 saturated carbocycles. The van der Waals surface area contributed by atoms with Gasteiger partial charge in [-0.3, -0.25) is 4.79 Å². The normalized spacial score (nSPS) is 15.9. The maximum Gasteiger partial charge on any atom is 0.257 e. The lowest BCUT2D eigenvalue weighted by atomic mass is 10.1. The molecule has 0 spiro atoms. The Morgan fingerprint density at radius 2 is 1.83 bits per heavy atom. The van der Waals surface area contributed by atoms with Crippen LogP contribution in [0, 0.1) is 0 Å². The van der Waals surface area contributed by atoms with Gasteiger partial charge in [-0.05, 0) is 45.2 Å². The number of piperazine rings is 1. The first-order valence-corrected chi connectivity index (χ1v) is 11.9. The van der Waals surface area contributed by atoms with Crippen LogP contribution in [0.5, 0.6) is 5.75 Å². The number of rotatable bonds is 5. The number of para-hydroxylation sites is 1. The smallest absolute Gasteiger partial charge is 0.257 e. The van der Waals surface area contributed by atoms with E-state index in [1.807, 2.05) is 50.1 Å². The Morgan fingerprint density at radius 3 is 2.60 bits per heavy atom. The lowest BCUT2D eigenvalue weighted by Crippen LogP contribution is -2.44. The summed E-state index contributed by atoms with van der Waals surface area (Å²) in [6, 6.07) is 13.7. The number of aromatic nitrogens is 2. The second kappa shape index (κ2) is 9.42. The van der Waals surface area contributed by atoms with E-state index in [-0.39, 0.29) is 12.0 Å². The highest BCUT2D eigenvalue weighted by atomic mass is 16.5. The van der Waals surface area contributed by atoms with Crippen molar-refractivity contribution in [1.82, 2.24) is 14.9 Å². The van der Waals surface area contributed by atoms with E-state index in [1.54, 1.807) is 12.3 Å². The third-order valence-corrected chi connectivity index (χ3v) is 6.29. The average Bonchev–Trinajstić information content (AvgIpc) is 2.95. The van der Waals surface area contributed by atoms with Crippen molar-refractivity contribution in [3.8, 4) is 5.75 Å². The number of ether oxygens (including phenoxy) is 1. The Kier molecular flexibility index (Phi) is 6.17. The van der Waals surface area contributed by atoms with Crippen LogP contribution in [0.1, 0.15) is 24.2 Å². The molecule has 1 fully saturated rings. The number of carbonyl (C=O) groups excluding carboxylic acids is 1. The Morgan fingerprint density at radius 1 is 1.06 bits per heavy atom. The summed E-state index contributed by atoms with van der Waals surface area (Å²) in [6.45, 7) is 8.07. The topological polar surface area (TPSA) is 85.9 Å². The average molecular weight is 474 g/mol. The van der Waals surface area contributed by atoms with Crippen molar-refractivity contribution >= 4 is 40.4 Å². The molecule has 3 aromatic rings. The van der Waals surface area contributed by atoms with Gasteiger partial charge in [0.15, 0.2) is 5.82 Å². The molecular formula is C26H31N7O2. The van der Waals surface area contributed by atoms with E-state index in [2.05, 4.69) is 44.6 Å². The van der Waals surface area contributed by atoms with Gasteiger partial charge in [-0.15, -0.1) is 0 Å². The molecule has 1 amide bonds. The van der Waals surface area contributed by atoms with E-state index in [4.69, 9.17) is 9.72 Å². The number of amides is 1. The molecule has 3 heterocycles. The molecule has 182 valence electrons. The highest BCUT2D eigenvalue weighted by molar-refractivity contribution is 6.11. The van der Waals surface area contributed by atoms with Gasteiger partial charge < -0.3 is 30.1 Å². The molecule has 0 bridgehead atoms.